The van der Waals surface area contributed by atoms with Crippen LogP contribution in [0.5, 0.6) is 11.5 Å². The summed E-state index contributed by atoms with van der Waals surface area (Å²) in [5.74, 6) is 0.165. The SMILES string of the molecule is CCCCCCCCC(CCCCC)C(=O)Oc1ccc(Sc2cccc3c2C(=O)c2cccc(Sc4ccc(OC(=O)C(CCCCC)CCCCCCCC)cc4)c2C3=O)cc1. The van der Waals surface area contributed by atoms with E-state index in [0.717, 1.165) is 99.7 Å². The van der Waals surface area contributed by atoms with Crippen LogP contribution in [-0.2, 0) is 9.59 Å². The first-order chi connectivity index (χ1) is 31.3. The molecule has 4 aromatic rings. The second-order valence-corrected chi connectivity index (χ2v) is 19.7. The fourth-order valence-electron chi connectivity index (χ4n) is 8.54. The van der Waals surface area contributed by atoms with Crippen LogP contribution in [0.15, 0.2) is 105 Å². The lowest BCUT2D eigenvalue weighted by Gasteiger charge is -2.22. The molecule has 0 amide bonds. The number of hydrogen-bond donors (Lipinski definition) is 0. The largest absolute Gasteiger partial charge is 0.426 e. The first-order valence-electron chi connectivity index (χ1n) is 24.6. The van der Waals surface area contributed by atoms with Crippen LogP contribution in [0.3, 0.4) is 0 Å². The molecule has 0 aliphatic heterocycles. The molecule has 0 N–H and O–H groups in total. The molecule has 0 saturated carbocycles. The number of carbonyl (C=O) groups is 4. The highest BCUT2D eigenvalue weighted by atomic mass is 32.2. The van der Waals surface area contributed by atoms with Gasteiger partial charge in [-0.15, -0.1) is 0 Å². The molecular formula is C56H72O6S2. The Labute approximate surface area is 392 Å². The van der Waals surface area contributed by atoms with Crippen LogP contribution in [0.4, 0.5) is 0 Å². The number of esters is 2. The zero-order valence-electron chi connectivity index (χ0n) is 39.1. The van der Waals surface area contributed by atoms with Gasteiger partial charge >= 0.3 is 11.9 Å². The van der Waals surface area contributed by atoms with E-state index < -0.39 is 0 Å². The van der Waals surface area contributed by atoms with Crippen LogP contribution >= 0.6 is 23.5 Å². The van der Waals surface area contributed by atoms with Gasteiger partial charge in [0.25, 0.3) is 0 Å². The maximum absolute atomic E-state index is 14.3. The third kappa shape index (κ3) is 15.5. The van der Waals surface area contributed by atoms with Crippen molar-refractivity contribution in [2.45, 2.75) is 189 Å². The quantitative estimate of drug-likeness (QED) is 0.0256. The highest BCUT2D eigenvalue weighted by Crippen LogP contribution is 2.42. The average molecular weight is 905 g/mol. The molecule has 0 radical (unpaired) electrons. The predicted octanol–water partition coefficient (Wildman–Crippen LogP) is 16.5. The average Bonchev–Trinajstić information content (AvgIpc) is 3.30. The molecule has 5 rings (SSSR count). The summed E-state index contributed by atoms with van der Waals surface area (Å²) in [6.07, 6.45) is 24.3. The summed E-state index contributed by atoms with van der Waals surface area (Å²) >= 11 is 2.84. The third-order valence-corrected chi connectivity index (χ3v) is 14.5. The van der Waals surface area contributed by atoms with Crippen molar-refractivity contribution in [1.82, 2.24) is 0 Å². The molecule has 344 valence electrons. The van der Waals surface area contributed by atoms with Gasteiger partial charge in [0.05, 0.1) is 11.8 Å². The van der Waals surface area contributed by atoms with Crippen molar-refractivity contribution in [3.63, 3.8) is 0 Å². The third-order valence-electron chi connectivity index (χ3n) is 12.3. The lowest BCUT2D eigenvalue weighted by molar-refractivity contribution is -0.140. The second kappa shape index (κ2) is 28.0. The summed E-state index contributed by atoms with van der Waals surface area (Å²) in [6, 6.07) is 25.8. The number of rotatable bonds is 30. The number of fused-ring (bicyclic) bond motifs is 2. The minimum atomic E-state index is -0.183. The van der Waals surface area contributed by atoms with Crippen molar-refractivity contribution in [3.8, 4) is 11.5 Å². The normalized spacial score (nSPS) is 13.0. The Kier molecular flexibility index (Phi) is 22.3. The molecule has 2 atom stereocenters. The van der Waals surface area contributed by atoms with Crippen molar-refractivity contribution in [3.05, 3.63) is 107 Å². The van der Waals surface area contributed by atoms with E-state index in [-0.39, 0.29) is 35.3 Å². The Balaban J connectivity index is 1.21. The molecule has 0 fully saturated rings. The van der Waals surface area contributed by atoms with Gasteiger partial charge in [0.2, 0.25) is 0 Å². The van der Waals surface area contributed by atoms with Crippen LogP contribution in [0.2, 0.25) is 0 Å². The van der Waals surface area contributed by atoms with E-state index in [0.29, 0.717) is 43.5 Å². The van der Waals surface area contributed by atoms with Crippen molar-refractivity contribution >= 4 is 47.0 Å². The number of ether oxygens (including phenoxy) is 2. The molecule has 8 heteroatoms. The summed E-state index contributed by atoms with van der Waals surface area (Å²) in [4.78, 5) is 58.4. The molecule has 0 spiro atoms. The van der Waals surface area contributed by atoms with Gasteiger partial charge in [-0.25, -0.2) is 0 Å². The van der Waals surface area contributed by atoms with Crippen LogP contribution in [-0.4, -0.2) is 23.5 Å². The van der Waals surface area contributed by atoms with Crippen molar-refractivity contribution in [1.29, 1.82) is 0 Å². The molecule has 0 heterocycles. The second-order valence-electron chi connectivity index (χ2n) is 17.5. The molecular weight excluding hydrogens is 833 g/mol. The zero-order chi connectivity index (χ0) is 45.5. The number of carbonyl (C=O) groups excluding carboxylic acids is 4. The summed E-state index contributed by atoms with van der Waals surface area (Å²) in [6.45, 7) is 8.81. The predicted molar refractivity (Wildman–Crippen MR) is 263 cm³/mol. The van der Waals surface area contributed by atoms with E-state index >= 15 is 0 Å². The number of hydrogen-bond acceptors (Lipinski definition) is 8. The number of ketones is 2. The van der Waals surface area contributed by atoms with E-state index in [4.69, 9.17) is 9.47 Å². The number of unbranched alkanes of at least 4 members (excludes halogenated alkanes) is 14. The molecule has 6 nitrogen and oxygen atoms in total. The van der Waals surface area contributed by atoms with Crippen LogP contribution < -0.4 is 9.47 Å². The Bertz CT molecular complexity index is 1930. The number of benzene rings is 4. The van der Waals surface area contributed by atoms with E-state index in [1.807, 2.05) is 72.8 Å². The zero-order valence-corrected chi connectivity index (χ0v) is 40.7. The highest BCUT2D eigenvalue weighted by molar-refractivity contribution is 7.99. The molecule has 0 saturated heterocycles. The fraction of sp³-hybridized carbons (Fsp3) is 0.500. The van der Waals surface area contributed by atoms with Gasteiger partial charge in [-0.1, -0.05) is 191 Å². The van der Waals surface area contributed by atoms with Gasteiger partial charge in [-0.2, -0.15) is 0 Å². The lowest BCUT2D eigenvalue weighted by Crippen LogP contribution is -2.22. The molecule has 1 aliphatic rings. The summed E-state index contributed by atoms with van der Waals surface area (Å²) < 4.78 is 11.8. The minimum Gasteiger partial charge on any atom is -0.426 e. The van der Waals surface area contributed by atoms with E-state index in [2.05, 4.69) is 27.7 Å². The van der Waals surface area contributed by atoms with Crippen LogP contribution in [0.25, 0.3) is 0 Å². The molecule has 0 aromatic heterocycles. The van der Waals surface area contributed by atoms with Gasteiger partial charge < -0.3 is 9.47 Å². The molecule has 2 unspecified atom stereocenters. The van der Waals surface area contributed by atoms with Gasteiger partial charge in [0, 0.05) is 41.8 Å². The van der Waals surface area contributed by atoms with Gasteiger partial charge in [-0.05, 0) is 86.3 Å². The minimum absolute atomic E-state index is 0.0950. The Hall–Kier alpha value is -4.14. The van der Waals surface area contributed by atoms with E-state index in [9.17, 15) is 19.2 Å². The standard InChI is InChI=1S/C56H72O6S2/c1-5-9-13-15-17-21-27-41(25-19-11-7-3)55(59)61-43-33-37-45(38-34-43)63-49-31-23-29-47-51(49)53(57)48-30-24-32-50(52(48)54(47)58)64-46-39-35-44(36-40-46)62-56(60)42(26-20-12-8-4)28-22-18-16-14-10-6-2/h23-24,29-42H,5-22,25-28H2,1-4H3. The van der Waals surface area contributed by atoms with Crippen LogP contribution in [0, 0.1) is 11.8 Å². The molecule has 1 aliphatic carbocycles. The van der Waals surface area contributed by atoms with Crippen molar-refractivity contribution in [2.75, 3.05) is 0 Å². The summed E-state index contributed by atoms with van der Waals surface area (Å²) in [5, 5.41) is 0. The van der Waals surface area contributed by atoms with Gasteiger partial charge in [0.1, 0.15) is 11.5 Å². The molecule has 64 heavy (non-hydrogen) atoms. The monoisotopic (exact) mass is 904 g/mol. The highest BCUT2D eigenvalue weighted by Gasteiger charge is 2.34. The van der Waals surface area contributed by atoms with E-state index in [1.54, 1.807) is 12.1 Å². The van der Waals surface area contributed by atoms with E-state index in [1.165, 1.54) is 74.9 Å². The van der Waals surface area contributed by atoms with Crippen molar-refractivity contribution < 1.29 is 28.7 Å². The van der Waals surface area contributed by atoms with Crippen LogP contribution in [0.1, 0.15) is 201 Å². The maximum atomic E-state index is 14.3. The lowest BCUT2D eigenvalue weighted by atomic mass is 9.84. The topological polar surface area (TPSA) is 86.7 Å². The molecule has 0 bridgehead atoms. The Morgan fingerprint density at radius 3 is 1.09 bits per heavy atom. The first-order valence-corrected chi connectivity index (χ1v) is 26.3. The Morgan fingerprint density at radius 1 is 0.422 bits per heavy atom. The van der Waals surface area contributed by atoms with Gasteiger partial charge in [-0.3, -0.25) is 19.2 Å². The van der Waals surface area contributed by atoms with Gasteiger partial charge in [0.15, 0.2) is 11.6 Å². The van der Waals surface area contributed by atoms with Crippen molar-refractivity contribution in [2.24, 2.45) is 11.8 Å². The smallest absolute Gasteiger partial charge is 0.314 e. The maximum Gasteiger partial charge on any atom is 0.314 e. The summed E-state index contributed by atoms with van der Waals surface area (Å²) in [7, 11) is 0. The summed E-state index contributed by atoms with van der Waals surface area (Å²) in [5.41, 5.74) is 1.58. The molecule has 4 aromatic carbocycles. The fourth-order valence-corrected chi connectivity index (χ4v) is 10.5. The Morgan fingerprint density at radius 2 is 0.734 bits per heavy atom. The first kappa shape index (κ1) is 50.9.